The van der Waals surface area contributed by atoms with E-state index in [1.807, 2.05) is 31.2 Å². The largest absolute Gasteiger partial charge is 0.326 e. The van der Waals surface area contributed by atoms with Crippen molar-refractivity contribution >= 4 is 5.91 Å². The molecule has 1 aliphatic heterocycles. The van der Waals surface area contributed by atoms with Gasteiger partial charge in [-0.2, -0.15) is 5.26 Å². The monoisotopic (exact) mass is 228 g/mol. The molecule has 1 fully saturated rings. The quantitative estimate of drug-likeness (QED) is 0.777. The second-order valence-electron chi connectivity index (χ2n) is 4.54. The Hall–Kier alpha value is -1.82. The van der Waals surface area contributed by atoms with Crippen LogP contribution in [0.25, 0.3) is 0 Å². The summed E-state index contributed by atoms with van der Waals surface area (Å²) in [6, 6.07) is 9.95. The second kappa shape index (κ2) is 5.01. The number of aryl methyl sites for hydroxylation is 1. The van der Waals surface area contributed by atoms with Crippen LogP contribution in [0, 0.1) is 18.3 Å². The van der Waals surface area contributed by atoms with Crippen molar-refractivity contribution in [2.45, 2.75) is 32.2 Å². The van der Waals surface area contributed by atoms with E-state index in [1.54, 1.807) is 4.90 Å². The normalized spacial score (nSPS) is 19.1. The van der Waals surface area contributed by atoms with Crippen LogP contribution in [0.4, 0.5) is 0 Å². The summed E-state index contributed by atoms with van der Waals surface area (Å²) in [5.74, 6) is 0.0675. The molecule has 3 nitrogen and oxygen atoms in total. The Labute approximate surface area is 102 Å². The van der Waals surface area contributed by atoms with Crippen LogP contribution in [0.2, 0.25) is 0 Å². The standard InChI is InChI=1S/C14H16N2O/c1-11-4-6-12(7-5-11)9-14(17)16-8-2-3-13(16)10-15/h4-7,13H,2-3,8-9H2,1H3. The summed E-state index contributed by atoms with van der Waals surface area (Å²) in [6.45, 7) is 2.75. The highest BCUT2D eigenvalue weighted by Crippen LogP contribution is 2.18. The number of carbonyl (C=O) groups excluding carboxylic acids is 1. The van der Waals surface area contributed by atoms with Gasteiger partial charge in [-0.15, -0.1) is 0 Å². The van der Waals surface area contributed by atoms with Crippen molar-refractivity contribution in [1.82, 2.24) is 4.90 Å². The van der Waals surface area contributed by atoms with Gasteiger partial charge in [-0.3, -0.25) is 4.79 Å². The number of amides is 1. The number of nitrogens with zero attached hydrogens (tertiary/aromatic N) is 2. The third kappa shape index (κ3) is 2.65. The maximum Gasteiger partial charge on any atom is 0.228 e. The molecule has 0 saturated carbocycles. The van der Waals surface area contributed by atoms with E-state index >= 15 is 0 Å². The minimum Gasteiger partial charge on any atom is -0.326 e. The van der Waals surface area contributed by atoms with E-state index in [9.17, 15) is 4.79 Å². The molecule has 0 N–H and O–H groups in total. The number of rotatable bonds is 2. The van der Waals surface area contributed by atoms with E-state index in [-0.39, 0.29) is 11.9 Å². The summed E-state index contributed by atoms with van der Waals surface area (Å²) in [6.07, 6.45) is 2.16. The zero-order chi connectivity index (χ0) is 12.3. The molecule has 2 rings (SSSR count). The van der Waals surface area contributed by atoms with Crippen LogP contribution in [0.5, 0.6) is 0 Å². The van der Waals surface area contributed by atoms with Crippen LogP contribution in [-0.4, -0.2) is 23.4 Å². The molecule has 1 saturated heterocycles. The molecule has 0 radical (unpaired) electrons. The Morgan fingerprint density at radius 2 is 2.18 bits per heavy atom. The molecule has 0 bridgehead atoms. The van der Waals surface area contributed by atoms with Crippen LogP contribution in [-0.2, 0) is 11.2 Å². The first-order valence-corrected chi connectivity index (χ1v) is 5.95. The molecular formula is C14H16N2O. The fourth-order valence-corrected chi connectivity index (χ4v) is 2.18. The summed E-state index contributed by atoms with van der Waals surface area (Å²) >= 11 is 0. The van der Waals surface area contributed by atoms with Crippen LogP contribution >= 0.6 is 0 Å². The summed E-state index contributed by atoms with van der Waals surface area (Å²) < 4.78 is 0. The number of hydrogen-bond donors (Lipinski definition) is 0. The maximum atomic E-state index is 12.0. The Balaban J connectivity index is 2.02. The van der Waals surface area contributed by atoms with Gasteiger partial charge in [-0.1, -0.05) is 29.8 Å². The van der Waals surface area contributed by atoms with Crippen molar-refractivity contribution in [3.8, 4) is 6.07 Å². The average molecular weight is 228 g/mol. The lowest BCUT2D eigenvalue weighted by molar-refractivity contribution is -0.130. The summed E-state index contributed by atoms with van der Waals surface area (Å²) in [4.78, 5) is 13.8. The lowest BCUT2D eigenvalue weighted by atomic mass is 10.1. The molecule has 1 aliphatic rings. The van der Waals surface area contributed by atoms with Gasteiger partial charge in [0, 0.05) is 6.54 Å². The smallest absolute Gasteiger partial charge is 0.228 e. The average Bonchev–Trinajstić information content (AvgIpc) is 2.80. The molecule has 1 amide bonds. The number of nitriles is 1. The van der Waals surface area contributed by atoms with Crippen molar-refractivity contribution < 1.29 is 4.79 Å². The zero-order valence-corrected chi connectivity index (χ0v) is 10.0. The number of likely N-dealkylation sites (tertiary alicyclic amines) is 1. The maximum absolute atomic E-state index is 12.0. The molecule has 1 heterocycles. The molecule has 1 aromatic carbocycles. The lowest BCUT2D eigenvalue weighted by Crippen LogP contribution is -2.35. The minimum atomic E-state index is -0.215. The van der Waals surface area contributed by atoms with Gasteiger partial charge in [0.2, 0.25) is 5.91 Å². The zero-order valence-electron chi connectivity index (χ0n) is 10.0. The summed E-state index contributed by atoms with van der Waals surface area (Å²) in [5, 5.41) is 8.94. The van der Waals surface area contributed by atoms with Crippen LogP contribution in [0.15, 0.2) is 24.3 Å². The summed E-state index contributed by atoms with van der Waals surface area (Å²) in [5.41, 5.74) is 2.21. The van der Waals surface area contributed by atoms with E-state index in [1.165, 1.54) is 5.56 Å². The van der Waals surface area contributed by atoms with Gasteiger partial charge in [0.15, 0.2) is 0 Å². The van der Waals surface area contributed by atoms with Gasteiger partial charge in [0.25, 0.3) is 0 Å². The number of benzene rings is 1. The highest BCUT2D eigenvalue weighted by molar-refractivity contribution is 5.79. The highest BCUT2D eigenvalue weighted by atomic mass is 16.2. The molecular weight excluding hydrogens is 212 g/mol. The van der Waals surface area contributed by atoms with Crippen molar-refractivity contribution in [2.75, 3.05) is 6.54 Å². The first-order valence-electron chi connectivity index (χ1n) is 5.95. The third-order valence-electron chi connectivity index (χ3n) is 3.20. The molecule has 1 atom stereocenters. The van der Waals surface area contributed by atoms with E-state index in [0.29, 0.717) is 6.42 Å². The van der Waals surface area contributed by atoms with Crippen LogP contribution in [0.3, 0.4) is 0 Å². The van der Waals surface area contributed by atoms with Crippen LogP contribution in [0.1, 0.15) is 24.0 Å². The molecule has 0 aliphatic carbocycles. The number of hydrogen-bond acceptors (Lipinski definition) is 2. The van der Waals surface area contributed by atoms with E-state index in [2.05, 4.69) is 6.07 Å². The molecule has 0 aromatic heterocycles. The molecule has 1 aromatic rings. The Morgan fingerprint density at radius 1 is 1.47 bits per heavy atom. The van der Waals surface area contributed by atoms with Gasteiger partial charge >= 0.3 is 0 Å². The first kappa shape index (κ1) is 11.7. The third-order valence-corrected chi connectivity index (χ3v) is 3.20. The fraction of sp³-hybridized carbons (Fsp3) is 0.429. The molecule has 1 unspecified atom stereocenters. The fourth-order valence-electron chi connectivity index (χ4n) is 2.18. The van der Waals surface area contributed by atoms with Crippen molar-refractivity contribution in [2.24, 2.45) is 0 Å². The Morgan fingerprint density at radius 3 is 2.82 bits per heavy atom. The number of carbonyl (C=O) groups is 1. The van der Waals surface area contributed by atoms with Crippen molar-refractivity contribution in [3.05, 3.63) is 35.4 Å². The van der Waals surface area contributed by atoms with Gasteiger partial charge in [0.05, 0.1) is 12.5 Å². The predicted molar refractivity (Wildman–Crippen MR) is 65.2 cm³/mol. The Kier molecular flexibility index (Phi) is 3.43. The first-order chi connectivity index (χ1) is 8.20. The topological polar surface area (TPSA) is 44.1 Å². The SMILES string of the molecule is Cc1ccc(CC(=O)N2CCCC2C#N)cc1. The van der Waals surface area contributed by atoms with E-state index in [4.69, 9.17) is 5.26 Å². The second-order valence-corrected chi connectivity index (χ2v) is 4.54. The minimum absolute atomic E-state index is 0.0675. The molecule has 0 spiro atoms. The highest BCUT2D eigenvalue weighted by Gasteiger charge is 2.28. The van der Waals surface area contributed by atoms with Gasteiger partial charge in [-0.25, -0.2) is 0 Å². The molecule has 17 heavy (non-hydrogen) atoms. The van der Waals surface area contributed by atoms with E-state index in [0.717, 1.165) is 24.9 Å². The van der Waals surface area contributed by atoms with Gasteiger partial charge < -0.3 is 4.90 Å². The van der Waals surface area contributed by atoms with E-state index < -0.39 is 0 Å². The van der Waals surface area contributed by atoms with Gasteiger partial charge in [0.1, 0.15) is 6.04 Å². The van der Waals surface area contributed by atoms with Gasteiger partial charge in [-0.05, 0) is 25.3 Å². The van der Waals surface area contributed by atoms with Crippen LogP contribution < -0.4 is 0 Å². The summed E-state index contributed by atoms with van der Waals surface area (Å²) in [7, 11) is 0. The molecule has 88 valence electrons. The molecule has 3 heteroatoms. The van der Waals surface area contributed by atoms with Crippen molar-refractivity contribution in [3.63, 3.8) is 0 Å². The lowest BCUT2D eigenvalue weighted by Gasteiger charge is -2.19. The Bertz CT molecular complexity index is 444. The van der Waals surface area contributed by atoms with Crippen molar-refractivity contribution in [1.29, 1.82) is 5.26 Å². The predicted octanol–water partition coefficient (Wildman–Crippen LogP) is 2.05.